The third-order valence-corrected chi connectivity index (χ3v) is 5.42. The number of amides is 1. The fourth-order valence-electron chi connectivity index (χ4n) is 3.22. The molecule has 1 amide bonds. The standard InChI is InChI=1S/C16H24N2O3S/c1-12(19)11-17-4-6-18(7-5-17)15(20)10-14-16-13(2-8-21-14)3-9-22-16/h3,9,12,14,19H,2,4-8,10-11H2,1H3/t12-,14+/m0/s1. The van der Waals surface area contributed by atoms with Crippen LogP contribution in [-0.4, -0.2) is 66.2 Å². The summed E-state index contributed by atoms with van der Waals surface area (Å²) in [7, 11) is 0. The van der Waals surface area contributed by atoms with Crippen LogP contribution in [0.25, 0.3) is 0 Å². The maximum absolute atomic E-state index is 12.5. The number of hydrogen-bond acceptors (Lipinski definition) is 5. The zero-order valence-corrected chi connectivity index (χ0v) is 13.8. The Morgan fingerprint density at radius 2 is 2.23 bits per heavy atom. The minimum absolute atomic E-state index is 0.0632. The molecule has 0 aromatic carbocycles. The van der Waals surface area contributed by atoms with E-state index in [4.69, 9.17) is 4.74 Å². The zero-order chi connectivity index (χ0) is 15.5. The van der Waals surface area contributed by atoms with Crippen molar-refractivity contribution in [3.05, 3.63) is 21.9 Å². The van der Waals surface area contributed by atoms with Crippen LogP contribution in [0.2, 0.25) is 0 Å². The first-order valence-electron chi connectivity index (χ1n) is 7.99. The van der Waals surface area contributed by atoms with Gasteiger partial charge in [-0.05, 0) is 30.4 Å². The Labute approximate surface area is 135 Å². The second kappa shape index (κ2) is 7.08. The van der Waals surface area contributed by atoms with Crippen molar-refractivity contribution < 1.29 is 14.6 Å². The van der Waals surface area contributed by atoms with Crippen LogP contribution >= 0.6 is 11.3 Å². The number of carbonyl (C=O) groups is 1. The number of fused-ring (bicyclic) bond motifs is 1. The maximum Gasteiger partial charge on any atom is 0.225 e. The number of aliphatic hydroxyl groups excluding tert-OH is 1. The largest absolute Gasteiger partial charge is 0.392 e. The Bertz CT molecular complexity index is 509. The van der Waals surface area contributed by atoms with Gasteiger partial charge < -0.3 is 14.7 Å². The summed E-state index contributed by atoms with van der Waals surface area (Å²) < 4.78 is 5.82. The first-order chi connectivity index (χ1) is 10.6. The summed E-state index contributed by atoms with van der Waals surface area (Å²) in [4.78, 5) is 17.9. The number of aliphatic hydroxyl groups is 1. The van der Waals surface area contributed by atoms with Gasteiger partial charge in [0.15, 0.2) is 0 Å². The molecule has 0 unspecified atom stereocenters. The van der Waals surface area contributed by atoms with E-state index in [1.54, 1.807) is 18.3 Å². The highest BCUT2D eigenvalue weighted by molar-refractivity contribution is 7.10. The predicted octanol–water partition coefficient (Wildman–Crippen LogP) is 1.28. The van der Waals surface area contributed by atoms with Gasteiger partial charge in [0.1, 0.15) is 6.10 Å². The van der Waals surface area contributed by atoms with Crippen LogP contribution in [0.3, 0.4) is 0 Å². The molecule has 2 atom stereocenters. The molecule has 22 heavy (non-hydrogen) atoms. The molecule has 0 saturated carbocycles. The van der Waals surface area contributed by atoms with Crippen molar-refractivity contribution in [2.75, 3.05) is 39.3 Å². The first-order valence-corrected chi connectivity index (χ1v) is 8.87. The van der Waals surface area contributed by atoms with Crippen molar-refractivity contribution in [1.82, 2.24) is 9.80 Å². The lowest BCUT2D eigenvalue weighted by atomic mass is 10.0. The molecule has 3 heterocycles. The van der Waals surface area contributed by atoms with Crippen molar-refractivity contribution in [3.8, 4) is 0 Å². The van der Waals surface area contributed by atoms with Gasteiger partial charge in [-0.3, -0.25) is 9.69 Å². The number of ether oxygens (including phenoxy) is 1. The summed E-state index contributed by atoms with van der Waals surface area (Å²) in [5.74, 6) is 0.183. The Hall–Kier alpha value is -0.950. The summed E-state index contributed by atoms with van der Waals surface area (Å²) in [5.41, 5.74) is 1.34. The number of hydrogen-bond donors (Lipinski definition) is 1. The van der Waals surface area contributed by atoms with Gasteiger partial charge in [-0.1, -0.05) is 0 Å². The van der Waals surface area contributed by atoms with Gasteiger partial charge in [-0.2, -0.15) is 0 Å². The Morgan fingerprint density at radius 3 is 2.95 bits per heavy atom. The van der Waals surface area contributed by atoms with Crippen LogP contribution < -0.4 is 0 Å². The van der Waals surface area contributed by atoms with E-state index in [1.807, 2.05) is 4.90 Å². The number of thiophene rings is 1. The highest BCUT2D eigenvalue weighted by atomic mass is 32.1. The van der Waals surface area contributed by atoms with Crippen LogP contribution in [-0.2, 0) is 16.0 Å². The van der Waals surface area contributed by atoms with E-state index in [9.17, 15) is 9.90 Å². The Morgan fingerprint density at radius 1 is 1.45 bits per heavy atom. The molecule has 1 saturated heterocycles. The number of piperazine rings is 1. The fraction of sp³-hybridized carbons (Fsp3) is 0.688. The van der Waals surface area contributed by atoms with Crippen molar-refractivity contribution in [3.63, 3.8) is 0 Å². The number of β-amino-alcohol motifs (C(OH)–C–C–N with tert-alkyl or cyclic N) is 1. The molecule has 2 aliphatic heterocycles. The van der Waals surface area contributed by atoms with E-state index in [0.717, 1.165) is 32.6 Å². The van der Waals surface area contributed by atoms with Gasteiger partial charge in [-0.25, -0.2) is 0 Å². The molecular weight excluding hydrogens is 300 g/mol. The van der Waals surface area contributed by atoms with E-state index in [-0.39, 0.29) is 18.1 Å². The molecule has 1 aromatic heterocycles. The van der Waals surface area contributed by atoms with Crippen LogP contribution in [0.1, 0.15) is 29.9 Å². The second-order valence-electron chi connectivity index (χ2n) is 6.15. The van der Waals surface area contributed by atoms with Gasteiger partial charge in [0.2, 0.25) is 5.91 Å². The molecule has 1 aromatic rings. The predicted molar refractivity (Wildman–Crippen MR) is 86.0 cm³/mol. The smallest absolute Gasteiger partial charge is 0.225 e. The monoisotopic (exact) mass is 324 g/mol. The summed E-state index contributed by atoms with van der Waals surface area (Å²) >= 11 is 1.70. The normalized spacial score (nSPS) is 24.1. The van der Waals surface area contributed by atoms with Gasteiger partial charge in [0.05, 0.1) is 19.1 Å². The van der Waals surface area contributed by atoms with Gasteiger partial charge >= 0.3 is 0 Å². The lowest BCUT2D eigenvalue weighted by Gasteiger charge is -2.36. The van der Waals surface area contributed by atoms with E-state index in [1.165, 1.54) is 10.4 Å². The van der Waals surface area contributed by atoms with Crippen molar-refractivity contribution >= 4 is 17.2 Å². The molecule has 3 rings (SSSR count). The van der Waals surface area contributed by atoms with E-state index in [0.29, 0.717) is 19.6 Å². The topological polar surface area (TPSA) is 53.0 Å². The molecule has 0 spiro atoms. The average Bonchev–Trinajstić information content (AvgIpc) is 2.97. The highest BCUT2D eigenvalue weighted by Gasteiger charge is 2.28. The molecule has 122 valence electrons. The van der Waals surface area contributed by atoms with Crippen molar-refractivity contribution in [2.24, 2.45) is 0 Å². The number of nitrogens with zero attached hydrogens (tertiary/aromatic N) is 2. The molecular formula is C16H24N2O3S. The molecule has 0 radical (unpaired) electrons. The minimum atomic E-state index is -0.310. The van der Waals surface area contributed by atoms with Gasteiger partial charge in [0.25, 0.3) is 0 Å². The minimum Gasteiger partial charge on any atom is -0.392 e. The lowest BCUT2D eigenvalue weighted by Crippen LogP contribution is -2.50. The SMILES string of the molecule is C[C@H](O)CN1CCN(C(=O)C[C@H]2OCCc3ccsc32)CC1. The quantitative estimate of drug-likeness (QED) is 0.906. The summed E-state index contributed by atoms with van der Waals surface area (Å²) in [6, 6.07) is 2.15. The summed E-state index contributed by atoms with van der Waals surface area (Å²) in [6.45, 7) is 6.37. The summed E-state index contributed by atoms with van der Waals surface area (Å²) in [5, 5.41) is 11.5. The third kappa shape index (κ3) is 3.68. The van der Waals surface area contributed by atoms with Crippen LogP contribution in [0.15, 0.2) is 11.4 Å². The van der Waals surface area contributed by atoms with Gasteiger partial charge in [0, 0.05) is 37.6 Å². The number of carbonyl (C=O) groups excluding carboxylic acids is 1. The molecule has 2 aliphatic rings. The zero-order valence-electron chi connectivity index (χ0n) is 13.0. The molecule has 5 nitrogen and oxygen atoms in total. The fourth-order valence-corrected chi connectivity index (χ4v) is 4.22. The van der Waals surface area contributed by atoms with Crippen molar-refractivity contribution in [2.45, 2.75) is 32.0 Å². The van der Waals surface area contributed by atoms with Crippen LogP contribution in [0.5, 0.6) is 0 Å². The lowest BCUT2D eigenvalue weighted by molar-refractivity contribution is -0.136. The Kier molecular flexibility index (Phi) is 5.13. The second-order valence-corrected chi connectivity index (χ2v) is 7.10. The molecule has 0 aliphatic carbocycles. The molecule has 1 fully saturated rings. The van der Waals surface area contributed by atoms with E-state index < -0.39 is 0 Å². The van der Waals surface area contributed by atoms with Crippen molar-refractivity contribution in [1.29, 1.82) is 0 Å². The van der Waals surface area contributed by atoms with E-state index in [2.05, 4.69) is 16.3 Å². The summed E-state index contributed by atoms with van der Waals surface area (Å²) in [6.07, 6.45) is 1.03. The van der Waals surface area contributed by atoms with Gasteiger partial charge in [-0.15, -0.1) is 11.3 Å². The van der Waals surface area contributed by atoms with Crippen LogP contribution in [0.4, 0.5) is 0 Å². The molecule has 0 bridgehead atoms. The Balaban J connectivity index is 1.52. The molecule has 1 N–H and O–H groups in total. The molecule has 6 heteroatoms. The highest BCUT2D eigenvalue weighted by Crippen LogP contribution is 2.34. The first kappa shape index (κ1) is 15.9. The van der Waals surface area contributed by atoms with E-state index >= 15 is 0 Å². The van der Waals surface area contributed by atoms with Crippen LogP contribution in [0, 0.1) is 0 Å². The third-order valence-electron chi connectivity index (χ3n) is 4.37. The maximum atomic E-state index is 12.5. The average molecular weight is 324 g/mol. The number of rotatable bonds is 4.